The lowest BCUT2D eigenvalue weighted by molar-refractivity contribution is -0.121. The summed E-state index contributed by atoms with van der Waals surface area (Å²) in [5, 5.41) is 0.778. The average Bonchev–Trinajstić information content (AvgIpc) is 3.02. The molecule has 0 radical (unpaired) electrons. The Kier molecular flexibility index (Phi) is 5.30. The number of hydrogen-bond acceptors (Lipinski definition) is 5. The molecule has 7 nitrogen and oxygen atoms in total. The van der Waals surface area contributed by atoms with E-state index in [1.54, 1.807) is 44.4 Å². The van der Waals surface area contributed by atoms with Gasteiger partial charge in [-0.3, -0.25) is 20.4 Å². The summed E-state index contributed by atoms with van der Waals surface area (Å²) in [6.45, 7) is 1.77. The lowest BCUT2D eigenvalue weighted by atomic mass is 10.1. The minimum atomic E-state index is -0.531. The Bertz CT molecular complexity index is 993. The molecule has 0 bridgehead atoms. The number of para-hydroxylation sites is 1. The first-order valence-electron chi connectivity index (χ1n) is 8.31. The number of benzene rings is 2. The number of hydrazine groups is 1. The van der Waals surface area contributed by atoms with E-state index >= 15 is 0 Å². The van der Waals surface area contributed by atoms with Gasteiger partial charge in [-0.15, -0.1) is 0 Å². The smallest absolute Gasteiger partial charge is 0.305 e. The van der Waals surface area contributed by atoms with Crippen LogP contribution < -0.4 is 20.3 Å². The summed E-state index contributed by atoms with van der Waals surface area (Å²) < 4.78 is 16.0. The van der Waals surface area contributed by atoms with Crippen LogP contribution in [0.4, 0.5) is 0 Å². The number of hydrogen-bond donors (Lipinski definition) is 2. The van der Waals surface area contributed by atoms with Gasteiger partial charge in [0.1, 0.15) is 17.1 Å². The van der Waals surface area contributed by atoms with E-state index in [4.69, 9.17) is 13.9 Å². The molecule has 0 fully saturated rings. The van der Waals surface area contributed by atoms with Crippen molar-refractivity contribution in [2.45, 2.75) is 13.3 Å². The van der Waals surface area contributed by atoms with E-state index in [0.717, 1.165) is 10.9 Å². The molecule has 0 unspecified atom stereocenters. The van der Waals surface area contributed by atoms with Crippen molar-refractivity contribution in [3.63, 3.8) is 0 Å². The maximum absolute atomic E-state index is 12.4. The van der Waals surface area contributed by atoms with Gasteiger partial charge < -0.3 is 13.9 Å². The van der Waals surface area contributed by atoms with Gasteiger partial charge in [-0.2, -0.15) is 0 Å². The highest BCUT2D eigenvalue weighted by Gasteiger charge is 2.19. The third-order valence-corrected chi connectivity index (χ3v) is 4.21. The summed E-state index contributed by atoms with van der Waals surface area (Å²) in [5.41, 5.74) is 6.74. The molecule has 1 aromatic heterocycles. The summed E-state index contributed by atoms with van der Waals surface area (Å²) >= 11 is 0. The number of methoxy groups -OCH3 is 2. The zero-order valence-electron chi connectivity index (χ0n) is 15.3. The highest BCUT2D eigenvalue weighted by molar-refractivity contribution is 5.99. The number of carbonyl (C=O) groups excluding carboxylic acids is 2. The fourth-order valence-corrected chi connectivity index (χ4v) is 2.79. The van der Waals surface area contributed by atoms with Gasteiger partial charge in [-0.05, 0) is 31.2 Å². The first-order chi connectivity index (χ1) is 13.0. The number of carbonyl (C=O) groups is 2. The highest BCUT2D eigenvalue weighted by atomic mass is 16.5. The molecule has 3 aromatic rings. The quantitative estimate of drug-likeness (QED) is 0.676. The molecule has 0 spiro atoms. The molecule has 2 aromatic carbocycles. The maximum atomic E-state index is 12.4. The van der Waals surface area contributed by atoms with Crippen LogP contribution in [0.1, 0.15) is 21.7 Å². The lowest BCUT2D eigenvalue weighted by Gasteiger charge is -2.09. The van der Waals surface area contributed by atoms with E-state index in [1.165, 1.54) is 7.11 Å². The number of ether oxygens (including phenoxy) is 2. The van der Waals surface area contributed by atoms with E-state index < -0.39 is 5.91 Å². The van der Waals surface area contributed by atoms with E-state index in [1.807, 2.05) is 12.1 Å². The number of amides is 2. The number of fused-ring (bicyclic) bond motifs is 1. The van der Waals surface area contributed by atoms with Crippen LogP contribution in [0.5, 0.6) is 11.5 Å². The SMILES string of the molecule is COc1ccc2oc(C(=O)NNC(=O)Cc3ccccc3OC)c(C)c2c1. The molecule has 2 N–H and O–H groups in total. The van der Waals surface area contributed by atoms with Gasteiger partial charge in [-0.1, -0.05) is 18.2 Å². The fourth-order valence-electron chi connectivity index (χ4n) is 2.79. The van der Waals surface area contributed by atoms with Gasteiger partial charge in [0.05, 0.1) is 20.6 Å². The summed E-state index contributed by atoms with van der Waals surface area (Å²) in [6.07, 6.45) is 0.0700. The third kappa shape index (κ3) is 3.87. The van der Waals surface area contributed by atoms with Crippen molar-refractivity contribution in [3.8, 4) is 11.5 Å². The maximum Gasteiger partial charge on any atom is 0.305 e. The monoisotopic (exact) mass is 368 g/mol. The Morgan fingerprint density at radius 2 is 1.81 bits per heavy atom. The average molecular weight is 368 g/mol. The normalized spacial score (nSPS) is 10.5. The van der Waals surface area contributed by atoms with Crippen molar-refractivity contribution < 1.29 is 23.5 Å². The molecule has 3 rings (SSSR count). The lowest BCUT2D eigenvalue weighted by Crippen LogP contribution is -2.42. The molecule has 1 heterocycles. The molecule has 7 heteroatoms. The van der Waals surface area contributed by atoms with Crippen LogP contribution in [-0.4, -0.2) is 26.0 Å². The van der Waals surface area contributed by atoms with Crippen LogP contribution in [0, 0.1) is 6.92 Å². The molecule has 2 amide bonds. The van der Waals surface area contributed by atoms with E-state index in [9.17, 15) is 9.59 Å². The number of aryl methyl sites for hydroxylation is 1. The van der Waals surface area contributed by atoms with Crippen molar-refractivity contribution in [1.29, 1.82) is 0 Å². The molecular formula is C20H20N2O5. The Balaban J connectivity index is 1.68. The predicted octanol–water partition coefficient (Wildman–Crippen LogP) is 2.76. The van der Waals surface area contributed by atoms with Crippen LogP contribution in [-0.2, 0) is 11.2 Å². The van der Waals surface area contributed by atoms with E-state index in [2.05, 4.69) is 10.9 Å². The Hall–Kier alpha value is -3.48. The number of furan rings is 1. The minimum Gasteiger partial charge on any atom is -0.497 e. The first-order valence-corrected chi connectivity index (χ1v) is 8.31. The number of nitrogens with one attached hydrogen (secondary N) is 2. The van der Waals surface area contributed by atoms with Crippen LogP contribution in [0.25, 0.3) is 11.0 Å². The molecule has 140 valence electrons. The second-order valence-electron chi connectivity index (χ2n) is 5.91. The van der Waals surface area contributed by atoms with Crippen LogP contribution in [0.15, 0.2) is 46.9 Å². The van der Waals surface area contributed by atoms with Gasteiger partial charge in [0.25, 0.3) is 0 Å². The van der Waals surface area contributed by atoms with Gasteiger partial charge in [0, 0.05) is 16.5 Å². The van der Waals surface area contributed by atoms with E-state index in [0.29, 0.717) is 22.6 Å². The van der Waals surface area contributed by atoms with E-state index in [-0.39, 0.29) is 18.1 Å². The van der Waals surface area contributed by atoms with Crippen molar-refractivity contribution in [2.24, 2.45) is 0 Å². The Labute approximate surface area is 156 Å². The Morgan fingerprint density at radius 1 is 1.04 bits per heavy atom. The van der Waals surface area contributed by atoms with Crippen molar-refractivity contribution in [3.05, 3.63) is 59.4 Å². The Morgan fingerprint density at radius 3 is 2.56 bits per heavy atom. The molecule has 0 aliphatic rings. The first kappa shape index (κ1) is 18.3. The summed E-state index contributed by atoms with van der Waals surface area (Å²) in [7, 11) is 3.11. The summed E-state index contributed by atoms with van der Waals surface area (Å²) in [4.78, 5) is 24.5. The van der Waals surface area contributed by atoms with Crippen LogP contribution >= 0.6 is 0 Å². The topological polar surface area (TPSA) is 89.8 Å². The highest BCUT2D eigenvalue weighted by Crippen LogP contribution is 2.28. The fraction of sp³-hybridized carbons (Fsp3) is 0.200. The second-order valence-corrected chi connectivity index (χ2v) is 5.91. The zero-order valence-corrected chi connectivity index (χ0v) is 15.3. The molecule has 0 saturated carbocycles. The molecule has 27 heavy (non-hydrogen) atoms. The molecular weight excluding hydrogens is 348 g/mol. The third-order valence-electron chi connectivity index (χ3n) is 4.21. The minimum absolute atomic E-state index is 0.0700. The molecule has 0 aliphatic carbocycles. The van der Waals surface area contributed by atoms with Gasteiger partial charge in [-0.25, -0.2) is 0 Å². The van der Waals surface area contributed by atoms with Crippen molar-refractivity contribution in [1.82, 2.24) is 10.9 Å². The second kappa shape index (κ2) is 7.82. The van der Waals surface area contributed by atoms with Gasteiger partial charge in [0.15, 0.2) is 5.76 Å². The van der Waals surface area contributed by atoms with Crippen molar-refractivity contribution >= 4 is 22.8 Å². The summed E-state index contributed by atoms with van der Waals surface area (Å²) in [6, 6.07) is 12.5. The largest absolute Gasteiger partial charge is 0.497 e. The van der Waals surface area contributed by atoms with Crippen LogP contribution in [0.3, 0.4) is 0 Å². The summed E-state index contributed by atoms with van der Waals surface area (Å²) in [5.74, 6) is 0.514. The van der Waals surface area contributed by atoms with Crippen LogP contribution in [0.2, 0.25) is 0 Å². The molecule has 0 aliphatic heterocycles. The number of rotatable bonds is 5. The van der Waals surface area contributed by atoms with Crippen molar-refractivity contribution in [2.75, 3.05) is 14.2 Å². The van der Waals surface area contributed by atoms with Gasteiger partial charge in [0.2, 0.25) is 5.91 Å². The van der Waals surface area contributed by atoms with Gasteiger partial charge >= 0.3 is 5.91 Å². The molecule has 0 atom stereocenters. The standard InChI is InChI=1S/C20H20N2O5/c1-12-15-11-14(25-2)8-9-17(15)27-19(12)20(24)22-21-18(23)10-13-6-4-5-7-16(13)26-3/h4-9,11H,10H2,1-3H3,(H,21,23)(H,22,24). The molecule has 0 saturated heterocycles. The zero-order chi connectivity index (χ0) is 19.4. The predicted molar refractivity (Wildman–Crippen MR) is 99.8 cm³/mol.